The van der Waals surface area contributed by atoms with Gasteiger partial charge in [0.2, 0.25) is 0 Å². The summed E-state index contributed by atoms with van der Waals surface area (Å²) in [5.41, 5.74) is 8.25. The first-order chi connectivity index (χ1) is 30.4. The van der Waals surface area contributed by atoms with Crippen molar-refractivity contribution in [2.75, 3.05) is 4.90 Å². The van der Waals surface area contributed by atoms with Crippen LogP contribution in [0.1, 0.15) is 0 Å². The molecule has 13 heteroatoms. The summed E-state index contributed by atoms with van der Waals surface area (Å²) in [4.78, 5) is 1.73. The van der Waals surface area contributed by atoms with Crippen molar-refractivity contribution in [1.82, 2.24) is 0 Å². The third kappa shape index (κ3) is 6.33. The van der Waals surface area contributed by atoms with Crippen molar-refractivity contribution >= 4 is 207 Å². The van der Waals surface area contributed by atoms with Gasteiger partial charge >= 0.3 is 0 Å². The molecule has 2 nitrogen and oxygen atoms in total. The van der Waals surface area contributed by atoms with Crippen LogP contribution in [0, 0.1) is 0 Å². The zero-order valence-electron chi connectivity index (χ0n) is 33.9. The zero-order chi connectivity index (χ0) is 44.0. The lowest BCUT2D eigenvalue weighted by Crippen LogP contribution is -2.53. The van der Waals surface area contributed by atoms with Gasteiger partial charge in [0.1, 0.15) is 97.5 Å². The maximum atomic E-state index is 7.18. The maximum Gasteiger partial charge on any atom is 0.143 e. The van der Waals surface area contributed by atoms with Gasteiger partial charge in [-0.1, -0.05) is 153 Å². The van der Waals surface area contributed by atoms with Gasteiger partial charge in [-0.3, -0.25) is 0 Å². The number of furan rings is 1. The summed E-state index contributed by atoms with van der Waals surface area (Å²) in [6, 6.07) is 43.8. The van der Waals surface area contributed by atoms with Crippen LogP contribution in [0.15, 0.2) is 138 Å². The van der Waals surface area contributed by atoms with E-state index in [0.717, 1.165) is 55.0 Å². The fraction of sp³-hybridized carbons (Fsp3) is 0. The van der Waals surface area contributed by atoms with Crippen molar-refractivity contribution < 1.29 is 4.42 Å². The Morgan fingerprint density at radius 1 is 0.349 bits per heavy atom. The van der Waals surface area contributed by atoms with Gasteiger partial charge in [-0.05, 0) is 73.8 Å². The summed E-state index contributed by atoms with van der Waals surface area (Å²) in [5, 5.41) is 4.48. The van der Waals surface area contributed by atoms with E-state index in [4.69, 9.17) is 90.7 Å². The monoisotopic (exact) mass is 773 g/mol. The Kier molecular flexibility index (Phi) is 10.1. The van der Waals surface area contributed by atoms with Crippen LogP contribution in [0.5, 0.6) is 0 Å². The minimum absolute atomic E-state index is 0.0176. The van der Waals surface area contributed by atoms with Crippen LogP contribution >= 0.6 is 0 Å². The lowest BCUT2D eigenvalue weighted by molar-refractivity contribution is 0.673. The van der Waals surface area contributed by atoms with Gasteiger partial charge in [-0.25, -0.2) is 0 Å². The van der Waals surface area contributed by atoms with Crippen LogP contribution in [0.3, 0.4) is 0 Å². The predicted octanol–water partition coefficient (Wildman–Crippen LogP) is 1.10. The van der Waals surface area contributed by atoms with E-state index in [0.29, 0.717) is 16.8 Å². The van der Waals surface area contributed by atoms with Gasteiger partial charge < -0.3 is 9.32 Å². The Labute approximate surface area is 381 Å². The highest BCUT2D eigenvalue weighted by molar-refractivity contribution is 6.72. The maximum absolute atomic E-state index is 7.18. The summed E-state index contributed by atoms with van der Waals surface area (Å²) in [7, 11) is 75.3. The number of nitrogens with zero attached hydrogens (tertiary/aromatic N) is 1. The van der Waals surface area contributed by atoms with Crippen LogP contribution in [0.4, 0.5) is 17.1 Å². The molecule has 0 spiro atoms. The lowest BCUT2D eigenvalue weighted by atomic mass is 9.59. The normalized spacial score (nSPS) is 11.6. The molecular weight excluding hydrogens is 749 g/mol. The molecule has 0 unspecified atom stereocenters. The van der Waals surface area contributed by atoms with Gasteiger partial charge in [0.15, 0.2) is 0 Å². The molecule has 22 radical (unpaired) electrons. The summed E-state index contributed by atoms with van der Waals surface area (Å²) in [6.45, 7) is 0. The van der Waals surface area contributed by atoms with Crippen LogP contribution in [-0.4, -0.2) is 86.3 Å². The molecule has 0 saturated carbocycles. The van der Waals surface area contributed by atoms with Crippen LogP contribution in [0.25, 0.3) is 76.9 Å². The molecule has 0 saturated heterocycles. The number of anilines is 3. The van der Waals surface area contributed by atoms with Crippen LogP contribution in [0.2, 0.25) is 0 Å². The summed E-state index contributed by atoms with van der Waals surface area (Å²) >= 11 is 0. The molecule has 9 aromatic carbocycles. The van der Waals surface area contributed by atoms with E-state index in [-0.39, 0.29) is 82.2 Å². The molecule has 0 aliphatic heterocycles. The second-order valence-corrected chi connectivity index (χ2v) is 15.6. The highest BCUT2D eigenvalue weighted by Crippen LogP contribution is 2.42. The Morgan fingerprint density at radius 3 is 1.60 bits per heavy atom. The Balaban J connectivity index is 1.25. The third-order valence-corrected chi connectivity index (χ3v) is 12.2. The van der Waals surface area contributed by atoms with Gasteiger partial charge in [0.25, 0.3) is 0 Å². The first kappa shape index (κ1) is 40.9. The van der Waals surface area contributed by atoms with Crippen molar-refractivity contribution in [2.24, 2.45) is 0 Å². The molecule has 0 N–H and O–H groups in total. The van der Waals surface area contributed by atoms with E-state index in [9.17, 15) is 0 Å². The lowest BCUT2D eigenvalue weighted by Gasteiger charge is -2.37. The quantitative estimate of drug-likeness (QED) is 0.236. The van der Waals surface area contributed by atoms with Crippen LogP contribution < -0.4 is 65.0 Å². The Hall–Kier alpha value is -6.19. The van der Waals surface area contributed by atoms with Crippen molar-refractivity contribution in [2.45, 2.75) is 0 Å². The van der Waals surface area contributed by atoms with Crippen molar-refractivity contribution in [3.8, 4) is 33.4 Å². The van der Waals surface area contributed by atoms with Crippen molar-refractivity contribution in [3.63, 3.8) is 0 Å². The number of rotatable bonds is 6. The topological polar surface area (TPSA) is 16.4 Å². The smallest absolute Gasteiger partial charge is 0.143 e. The van der Waals surface area contributed by atoms with Gasteiger partial charge in [-0.15, -0.1) is 16.4 Å². The molecule has 266 valence electrons. The average molecular weight is 772 g/mol. The molecule has 10 aromatic rings. The van der Waals surface area contributed by atoms with E-state index < -0.39 is 0 Å². The largest absolute Gasteiger partial charge is 0.455 e. The molecule has 63 heavy (non-hydrogen) atoms. The van der Waals surface area contributed by atoms with Gasteiger partial charge in [-0.2, -0.15) is 0 Å². The van der Waals surface area contributed by atoms with Gasteiger partial charge in [0.05, 0.1) is 0 Å². The highest BCUT2D eigenvalue weighted by Gasteiger charge is 2.27. The zero-order valence-corrected chi connectivity index (χ0v) is 33.9. The highest BCUT2D eigenvalue weighted by atomic mass is 16.3. The molecule has 0 fully saturated rings. The summed E-state index contributed by atoms with van der Waals surface area (Å²) in [6.07, 6.45) is 0. The van der Waals surface area contributed by atoms with Crippen molar-refractivity contribution in [1.29, 1.82) is 0 Å². The second kappa shape index (κ2) is 15.6. The van der Waals surface area contributed by atoms with Crippen molar-refractivity contribution in [3.05, 3.63) is 133 Å². The summed E-state index contributed by atoms with van der Waals surface area (Å²) < 4.78 is 6.55. The standard InChI is InChI=1S/C50H22B11NO/c51-37-33(26-18-16-24(17-19-26)23-8-2-1-3-9-23)38(52)46(60)49(45(37)59)62(48-36-35(40(54)44(58)47(48)61)39(53)42(56)43(57)41(36)55)28-12-6-11-27(22-28)29-14-7-15-32-34(29)31-21-20-25-10-4-5-13-30(25)50(31)63-32/h1-22H. The SMILES string of the molecule is [B]c1c([B])c(N(c2cccc(-c3cccc4oc5c6ccccc6ccc5c34)c2)c2c([B])c([B])c([B])c3c([B])c([B])c([B])c([B])c23)c([B])c([B])c1-c1ccc(-c2ccccc2)cc1. The predicted molar refractivity (Wildman–Crippen MR) is 279 cm³/mol. The first-order valence-electron chi connectivity index (χ1n) is 20.0. The van der Waals surface area contributed by atoms with Crippen LogP contribution in [-0.2, 0) is 0 Å². The minimum atomic E-state index is 0.0176. The molecule has 10 rings (SSSR count). The number of fused-ring (bicyclic) bond motifs is 6. The average Bonchev–Trinajstić information content (AvgIpc) is 3.71. The van der Waals surface area contributed by atoms with E-state index in [1.54, 1.807) is 4.90 Å². The van der Waals surface area contributed by atoms with E-state index >= 15 is 0 Å². The molecule has 1 aromatic heterocycles. The Bertz CT molecular complexity index is 3500. The van der Waals surface area contributed by atoms with E-state index in [2.05, 4.69) is 24.3 Å². The number of hydrogen-bond donors (Lipinski definition) is 0. The molecule has 0 aliphatic carbocycles. The number of hydrogen-bond acceptors (Lipinski definition) is 2. The van der Waals surface area contributed by atoms with E-state index in [1.807, 2.05) is 109 Å². The Morgan fingerprint density at radius 2 is 0.905 bits per heavy atom. The fourth-order valence-corrected chi connectivity index (χ4v) is 8.93. The first-order valence-corrected chi connectivity index (χ1v) is 20.0. The molecule has 1 heterocycles. The summed E-state index contributed by atoms with van der Waals surface area (Å²) in [5.74, 6) is 0. The second-order valence-electron chi connectivity index (χ2n) is 15.6. The molecule has 0 bridgehead atoms. The fourth-order valence-electron chi connectivity index (χ4n) is 8.93. The van der Waals surface area contributed by atoms with E-state index in [1.165, 1.54) is 0 Å². The third-order valence-electron chi connectivity index (χ3n) is 12.2. The molecule has 0 amide bonds. The minimum Gasteiger partial charge on any atom is -0.455 e. The molecule has 0 atom stereocenters. The molecule has 0 aliphatic rings. The van der Waals surface area contributed by atoms with Gasteiger partial charge in [0, 0.05) is 33.2 Å². The number of benzene rings is 9. The molecular formula is C50H22B11NO.